The number of carbonyl (C=O) groups is 1. The lowest BCUT2D eigenvalue weighted by atomic mass is 9.99. The summed E-state index contributed by atoms with van der Waals surface area (Å²) in [4.78, 5) is 20.5. The molecule has 1 saturated heterocycles. The van der Waals surface area contributed by atoms with E-state index in [1.165, 1.54) is 11.8 Å². The Balaban J connectivity index is 1.58. The van der Waals surface area contributed by atoms with E-state index in [0.717, 1.165) is 19.5 Å². The summed E-state index contributed by atoms with van der Waals surface area (Å²) in [6.07, 6.45) is 2.53. The zero-order valence-corrected chi connectivity index (χ0v) is 13.7. The first-order valence-corrected chi connectivity index (χ1v) is 8.07. The highest BCUT2D eigenvalue weighted by Crippen LogP contribution is 2.27. The molecule has 0 spiro atoms. The molecule has 2 aromatic rings. The van der Waals surface area contributed by atoms with E-state index in [1.807, 2.05) is 41.1 Å². The standard InChI is InChI=1S/C19H20N4O/c1-22(18-8-7-15(11-20)12-21-18)14-19(24)23-10-9-17(13-23)16-5-3-2-4-6-16/h2-8,12,17H,9-10,13-14H2,1H3. The Labute approximate surface area is 142 Å². The van der Waals surface area contributed by atoms with Crippen LogP contribution in [0, 0.1) is 11.3 Å². The van der Waals surface area contributed by atoms with Crippen LogP contribution in [-0.2, 0) is 4.79 Å². The normalized spacial score (nSPS) is 16.7. The minimum absolute atomic E-state index is 0.113. The van der Waals surface area contributed by atoms with Crippen molar-refractivity contribution in [2.75, 3.05) is 31.6 Å². The summed E-state index contributed by atoms with van der Waals surface area (Å²) in [5.41, 5.74) is 1.82. The molecule has 2 heterocycles. The molecular formula is C19H20N4O. The molecule has 1 amide bonds. The third kappa shape index (κ3) is 3.54. The molecule has 5 heteroatoms. The summed E-state index contributed by atoms with van der Waals surface area (Å²) < 4.78 is 0. The van der Waals surface area contributed by atoms with E-state index in [1.54, 1.807) is 12.1 Å². The third-order valence-electron chi connectivity index (χ3n) is 4.45. The van der Waals surface area contributed by atoms with Crippen LogP contribution in [0.25, 0.3) is 0 Å². The predicted molar refractivity (Wildman–Crippen MR) is 92.6 cm³/mol. The van der Waals surface area contributed by atoms with Crippen molar-refractivity contribution in [3.8, 4) is 6.07 Å². The smallest absolute Gasteiger partial charge is 0.242 e. The van der Waals surface area contributed by atoms with Gasteiger partial charge in [-0.05, 0) is 24.1 Å². The number of amides is 1. The zero-order valence-electron chi connectivity index (χ0n) is 13.7. The Kier molecular flexibility index (Phi) is 4.76. The van der Waals surface area contributed by atoms with Gasteiger partial charge in [0.1, 0.15) is 11.9 Å². The van der Waals surface area contributed by atoms with Gasteiger partial charge < -0.3 is 9.80 Å². The molecule has 1 unspecified atom stereocenters. The number of carbonyl (C=O) groups excluding carboxylic acids is 1. The van der Waals surface area contributed by atoms with E-state index in [2.05, 4.69) is 17.1 Å². The van der Waals surface area contributed by atoms with Crippen molar-refractivity contribution in [1.29, 1.82) is 5.26 Å². The number of nitrogens with zero attached hydrogens (tertiary/aromatic N) is 4. The molecule has 3 rings (SSSR count). The topological polar surface area (TPSA) is 60.2 Å². The minimum Gasteiger partial charge on any atom is -0.350 e. The maximum absolute atomic E-state index is 12.5. The van der Waals surface area contributed by atoms with E-state index in [4.69, 9.17) is 5.26 Å². The van der Waals surface area contributed by atoms with Crippen LogP contribution in [0.15, 0.2) is 48.7 Å². The van der Waals surface area contributed by atoms with Crippen LogP contribution < -0.4 is 4.90 Å². The van der Waals surface area contributed by atoms with Gasteiger partial charge in [0, 0.05) is 32.3 Å². The van der Waals surface area contributed by atoms with Crippen LogP contribution in [-0.4, -0.2) is 42.5 Å². The number of likely N-dealkylation sites (N-methyl/N-ethyl adjacent to an activating group) is 1. The van der Waals surface area contributed by atoms with Crippen molar-refractivity contribution in [2.24, 2.45) is 0 Å². The van der Waals surface area contributed by atoms with Crippen LogP contribution in [0.4, 0.5) is 5.82 Å². The monoisotopic (exact) mass is 320 g/mol. The van der Waals surface area contributed by atoms with E-state index in [0.29, 0.717) is 23.8 Å². The fraction of sp³-hybridized carbons (Fsp3) is 0.316. The summed E-state index contributed by atoms with van der Waals surface area (Å²) >= 11 is 0. The fourth-order valence-electron chi connectivity index (χ4n) is 3.05. The molecule has 1 aliphatic rings. The molecule has 0 N–H and O–H groups in total. The number of rotatable bonds is 4. The largest absolute Gasteiger partial charge is 0.350 e. The van der Waals surface area contributed by atoms with Gasteiger partial charge >= 0.3 is 0 Å². The summed E-state index contributed by atoms with van der Waals surface area (Å²) in [6.45, 7) is 1.87. The molecule has 1 fully saturated rings. The Morgan fingerprint density at radius 2 is 2.12 bits per heavy atom. The highest BCUT2D eigenvalue weighted by atomic mass is 16.2. The summed E-state index contributed by atoms with van der Waals surface area (Å²) in [7, 11) is 1.84. The average Bonchev–Trinajstić information content (AvgIpc) is 3.13. The number of nitriles is 1. The maximum Gasteiger partial charge on any atom is 0.242 e. The first-order valence-electron chi connectivity index (χ1n) is 8.07. The van der Waals surface area contributed by atoms with Crippen molar-refractivity contribution < 1.29 is 4.79 Å². The molecule has 1 aliphatic heterocycles. The number of aromatic nitrogens is 1. The Morgan fingerprint density at radius 1 is 1.33 bits per heavy atom. The Morgan fingerprint density at radius 3 is 2.79 bits per heavy atom. The van der Waals surface area contributed by atoms with Crippen LogP contribution in [0.3, 0.4) is 0 Å². The molecule has 0 bridgehead atoms. The lowest BCUT2D eigenvalue weighted by Crippen LogP contribution is -2.37. The first-order chi connectivity index (χ1) is 11.7. The summed E-state index contributed by atoms with van der Waals surface area (Å²) in [5, 5.41) is 8.81. The number of anilines is 1. The second kappa shape index (κ2) is 7.14. The van der Waals surface area contributed by atoms with Gasteiger partial charge in [0.25, 0.3) is 0 Å². The van der Waals surface area contributed by atoms with Gasteiger partial charge in [0.15, 0.2) is 0 Å². The van der Waals surface area contributed by atoms with Gasteiger partial charge in [0.05, 0.1) is 12.1 Å². The third-order valence-corrected chi connectivity index (χ3v) is 4.45. The van der Waals surface area contributed by atoms with E-state index >= 15 is 0 Å². The summed E-state index contributed by atoms with van der Waals surface area (Å²) in [6, 6.07) is 15.9. The van der Waals surface area contributed by atoms with Gasteiger partial charge in [-0.1, -0.05) is 30.3 Å². The van der Waals surface area contributed by atoms with Crippen LogP contribution >= 0.6 is 0 Å². The maximum atomic E-state index is 12.5. The SMILES string of the molecule is CN(CC(=O)N1CCC(c2ccccc2)C1)c1ccc(C#N)cn1. The van der Waals surface area contributed by atoms with Crippen molar-refractivity contribution in [2.45, 2.75) is 12.3 Å². The quantitative estimate of drug-likeness (QED) is 0.868. The average molecular weight is 320 g/mol. The van der Waals surface area contributed by atoms with Crippen molar-refractivity contribution in [3.63, 3.8) is 0 Å². The molecule has 1 aromatic carbocycles. The van der Waals surface area contributed by atoms with E-state index in [9.17, 15) is 4.79 Å². The number of hydrogen-bond acceptors (Lipinski definition) is 4. The minimum atomic E-state index is 0.113. The van der Waals surface area contributed by atoms with Crippen molar-refractivity contribution in [3.05, 3.63) is 59.8 Å². The summed E-state index contributed by atoms with van der Waals surface area (Å²) in [5.74, 6) is 1.23. The molecule has 0 radical (unpaired) electrons. The fourth-order valence-corrected chi connectivity index (χ4v) is 3.05. The van der Waals surface area contributed by atoms with Gasteiger partial charge in [-0.2, -0.15) is 5.26 Å². The van der Waals surface area contributed by atoms with Gasteiger partial charge in [-0.15, -0.1) is 0 Å². The lowest BCUT2D eigenvalue weighted by molar-refractivity contribution is -0.128. The van der Waals surface area contributed by atoms with Gasteiger partial charge in [-0.3, -0.25) is 4.79 Å². The van der Waals surface area contributed by atoms with Crippen molar-refractivity contribution >= 4 is 11.7 Å². The highest BCUT2D eigenvalue weighted by Gasteiger charge is 2.27. The molecule has 1 atom stereocenters. The van der Waals surface area contributed by atoms with E-state index in [-0.39, 0.29) is 5.91 Å². The number of pyridine rings is 1. The van der Waals surface area contributed by atoms with Crippen molar-refractivity contribution in [1.82, 2.24) is 9.88 Å². The van der Waals surface area contributed by atoms with Gasteiger partial charge in [0.2, 0.25) is 5.91 Å². The highest BCUT2D eigenvalue weighted by molar-refractivity contribution is 5.81. The molecular weight excluding hydrogens is 300 g/mol. The number of likely N-dealkylation sites (tertiary alicyclic amines) is 1. The molecule has 122 valence electrons. The number of hydrogen-bond donors (Lipinski definition) is 0. The number of benzene rings is 1. The first kappa shape index (κ1) is 16.0. The zero-order chi connectivity index (χ0) is 16.9. The van der Waals surface area contributed by atoms with Crippen LogP contribution in [0.1, 0.15) is 23.5 Å². The van der Waals surface area contributed by atoms with Crippen LogP contribution in [0.5, 0.6) is 0 Å². The predicted octanol–water partition coefficient (Wildman–Crippen LogP) is 2.41. The van der Waals surface area contributed by atoms with Gasteiger partial charge in [-0.25, -0.2) is 4.98 Å². The second-order valence-corrected chi connectivity index (χ2v) is 6.11. The molecule has 5 nitrogen and oxygen atoms in total. The lowest BCUT2D eigenvalue weighted by Gasteiger charge is -2.22. The molecule has 0 saturated carbocycles. The molecule has 1 aromatic heterocycles. The Hall–Kier alpha value is -2.87. The van der Waals surface area contributed by atoms with E-state index < -0.39 is 0 Å². The van der Waals surface area contributed by atoms with Crippen LogP contribution in [0.2, 0.25) is 0 Å². The Bertz CT molecular complexity index is 736. The molecule has 0 aliphatic carbocycles. The second-order valence-electron chi connectivity index (χ2n) is 6.11. The molecule has 24 heavy (non-hydrogen) atoms.